The van der Waals surface area contributed by atoms with E-state index in [1.807, 2.05) is 33.0 Å². The van der Waals surface area contributed by atoms with Crippen molar-refractivity contribution in [3.8, 4) is 0 Å². The second kappa shape index (κ2) is 4.66. The Hall–Kier alpha value is -0.120. The molecule has 2 N–H and O–H groups in total. The number of hydrogen-bond donors (Lipinski definition) is 2. The van der Waals surface area contributed by atoms with Crippen LogP contribution in [0.2, 0.25) is 0 Å². The van der Waals surface area contributed by atoms with Crippen molar-refractivity contribution in [3.63, 3.8) is 0 Å². The van der Waals surface area contributed by atoms with Crippen LogP contribution >= 0.6 is 0 Å². The van der Waals surface area contributed by atoms with Gasteiger partial charge in [-0.25, -0.2) is 0 Å². The van der Waals surface area contributed by atoms with Crippen molar-refractivity contribution in [1.29, 1.82) is 0 Å². The number of aliphatic hydroxyl groups is 1. The van der Waals surface area contributed by atoms with Crippen LogP contribution < -0.4 is 5.32 Å². The molecule has 0 bridgehead atoms. The van der Waals surface area contributed by atoms with Gasteiger partial charge in [-0.05, 0) is 28.1 Å². The number of aliphatic hydroxyl groups excluding tert-OH is 1. The highest BCUT2D eigenvalue weighted by molar-refractivity contribution is 4.70. The number of rotatable bonds is 4. The molecule has 2 atom stereocenters. The first-order valence-electron chi connectivity index (χ1n) is 3.58. The topological polar surface area (TPSA) is 35.5 Å². The zero-order valence-electron chi connectivity index (χ0n) is 7.26. The molecule has 0 aliphatic carbocycles. The lowest BCUT2D eigenvalue weighted by molar-refractivity contribution is 0.106. The fraction of sp³-hybridized carbons (Fsp3) is 1.00. The zero-order valence-corrected chi connectivity index (χ0v) is 7.26. The smallest absolute Gasteiger partial charge is 0.0816 e. The van der Waals surface area contributed by atoms with Crippen molar-refractivity contribution < 1.29 is 5.11 Å². The van der Waals surface area contributed by atoms with Crippen molar-refractivity contribution in [2.24, 2.45) is 0 Å². The van der Waals surface area contributed by atoms with Crippen molar-refractivity contribution in [1.82, 2.24) is 10.2 Å². The highest BCUT2D eigenvalue weighted by Gasteiger charge is 2.11. The molecular weight excluding hydrogens is 128 g/mol. The molecule has 0 amide bonds. The molecule has 0 radical (unpaired) electrons. The molecule has 0 fully saturated rings. The van der Waals surface area contributed by atoms with E-state index in [4.69, 9.17) is 0 Å². The maximum absolute atomic E-state index is 9.38. The average Bonchev–Trinajstić information content (AvgIpc) is 1.85. The Labute approximate surface area is 63.0 Å². The van der Waals surface area contributed by atoms with E-state index in [9.17, 15) is 5.11 Å². The molecule has 0 saturated heterocycles. The van der Waals surface area contributed by atoms with E-state index in [1.165, 1.54) is 0 Å². The Morgan fingerprint density at radius 1 is 1.50 bits per heavy atom. The molecule has 0 saturated carbocycles. The summed E-state index contributed by atoms with van der Waals surface area (Å²) in [6, 6.07) is 0.169. The van der Waals surface area contributed by atoms with Crippen molar-refractivity contribution in [3.05, 3.63) is 0 Å². The van der Waals surface area contributed by atoms with E-state index in [0.717, 1.165) is 0 Å². The first-order valence-corrected chi connectivity index (χ1v) is 3.58. The van der Waals surface area contributed by atoms with Crippen molar-refractivity contribution >= 4 is 0 Å². The third-order valence-corrected chi connectivity index (χ3v) is 1.58. The van der Waals surface area contributed by atoms with Crippen LogP contribution in [-0.2, 0) is 0 Å². The van der Waals surface area contributed by atoms with Gasteiger partial charge < -0.3 is 15.3 Å². The lowest BCUT2D eigenvalue weighted by Gasteiger charge is -2.21. The maximum atomic E-state index is 9.38. The maximum Gasteiger partial charge on any atom is 0.0816 e. The summed E-state index contributed by atoms with van der Waals surface area (Å²) < 4.78 is 0. The molecule has 0 aliphatic heterocycles. The minimum absolute atomic E-state index is 0.169. The van der Waals surface area contributed by atoms with Gasteiger partial charge in [0, 0.05) is 12.6 Å². The highest BCUT2D eigenvalue weighted by atomic mass is 16.3. The van der Waals surface area contributed by atoms with Crippen LogP contribution in [0.5, 0.6) is 0 Å². The number of nitrogens with one attached hydrogen (secondary N) is 1. The summed E-state index contributed by atoms with van der Waals surface area (Å²) in [5.74, 6) is 0. The van der Waals surface area contributed by atoms with Crippen LogP contribution in [0, 0.1) is 0 Å². The van der Waals surface area contributed by atoms with Crippen LogP contribution in [0.4, 0.5) is 0 Å². The Morgan fingerprint density at radius 2 is 2.00 bits per heavy atom. The van der Waals surface area contributed by atoms with Crippen LogP contribution in [-0.4, -0.2) is 49.8 Å². The van der Waals surface area contributed by atoms with E-state index in [1.54, 1.807) is 0 Å². The summed E-state index contributed by atoms with van der Waals surface area (Å²) >= 11 is 0. The average molecular weight is 146 g/mol. The minimum atomic E-state index is -0.278. The van der Waals surface area contributed by atoms with Crippen LogP contribution in [0.3, 0.4) is 0 Å². The fourth-order valence-electron chi connectivity index (χ4n) is 0.725. The van der Waals surface area contributed by atoms with E-state index >= 15 is 0 Å². The Bertz CT molecular complexity index is 85.7. The quantitative estimate of drug-likeness (QED) is 0.562. The van der Waals surface area contributed by atoms with E-state index in [-0.39, 0.29) is 12.1 Å². The Morgan fingerprint density at radius 3 is 2.30 bits per heavy atom. The number of hydrogen-bond acceptors (Lipinski definition) is 3. The summed E-state index contributed by atoms with van der Waals surface area (Å²) in [6.45, 7) is 2.68. The van der Waals surface area contributed by atoms with Gasteiger partial charge in [0.2, 0.25) is 0 Å². The van der Waals surface area contributed by atoms with Crippen LogP contribution in [0.1, 0.15) is 6.92 Å². The largest absolute Gasteiger partial charge is 0.390 e. The van der Waals surface area contributed by atoms with Crippen molar-refractivity contribution in [2.45, 2.75) is 19.1 Å². The predicted octanol–water partition coefficient (Wildman–Crippen LogP) is -0.483. The summed E-state index contributed by atoms with van der Waals surface area (Å²) in [6.07, 6.45) is -0.278. The molecule has 3 heteroatoms. The third kappa shape index (κ3) is 3.82. The molecule has 0 aliphatic rings. The lowest BCUT2D eigenvalue weighted by Crippen LogP contribution is -2.41. The molecule has 2 unspecified atom stereocenters. The zero-order chi connectivity index (χ0) is 8.15. The van der Waals surface area contributed by atoms with E-state index < -0.39 is 0 Å². The first-order chi connectivity index (χ1) is 4.57. The summed E-state index contributed by atoms with van der Waals surface area (Å²) in [5, 5.41) is 12.4. The van der Waals surface area contributed by atoms with Crippen LogP contribution in [0.15, 0.2) is 0 Å². The lowest BCUT2D eigenvalue weighted by atomic mass is 10.2. The van der Waals surface area contributed by atoms with Gasteiger partial charge in [0.25, 0.3) is 0 Å². The van der Waals surface area contributed by atoms with Gasteiger partial charge in [0.1, 0.15) is 0 Å². The van der Waals surface area contributed by atoms with Crippen molar-refractivity contribution in [2.75, 3.05) is 27.7 Å². The van der Waals surface area contributed by atoms with Gasteiger partial charge in [-0.1, -0.05) is 0 Å². The molecule has 0 aromatic carbocycles. The summed E-state index contributed by atoms with van der Waals surface area (Å²) in [5.41, 5.74) is 0. The Kier molecular flexibility index (Phi) is 4.60. The van der Waals surface area contributed by atoms with E-state index in [0.29, 0.717) is 6.54 Å². The summed E-state index contributed by atoms with van der Waals surface area (Å²) in [4.78, 5) is 1.97. The normalized spacial score (nSPS) is 17.4. The molecule has 3 nitrogen and oxygen atoms in total. The number of nitrogens with zero attached hydrogens (tertiary/aromatic N) is 1. The van der Waals surface area contributed by atoms with Gasteiger partial charge in [0.15, 0.2) is 0 Å². The van der Waals surface area contributed by atoms with Gasteiger partial charge in [0.05, 0.1) is 6.10 Å². The number of likely N-dealkylation sites (N-methyl/N-ethyl adjacent to an activating group) is 2. The molecule has 10 heavy (non-hydrogen) atoms. The molecule has 62 valence electrons. The first kappa shape index (κ1) is 9.88. The third-order valence-electron chi connectivity index (χ3n) is 1.58. The molecule has 0 rings (SSSR count). The molecule has 0 heterocycles. The second-order valence-corrected chi connectivity index (χ2v) is 2.91. The fourth-order valence-corrected chi connectivity index (χ4v) is 0.725. The second-order valence-electron chi connectivity index (χ2n) is 2.91. The summed E-state index contributed by atoms with van der Waals surface area (Å²) in [7, 11) is 5.75. The standard InChI is InChI=1S/C7H18N2O/c1-6(8-2)7(10)5-9(3)4/h6-8,10H,5H2,1-4H3. The van der Waals surface area contributed by atoms with Gasteiger partial charge in [-0.15, -0.1) is 0 Å². The highest BCUT2D eigenvalue weighted by Crippen LogP contribution is 1.92. The molecule has 0 aromatic rings. The van der Waals surface area contributed by atoms with Gasteiger partial charge >= 0.3 is 0 Å². The molecular formula is C7H18N2O. The van der Waals surface area contributed by atoms with E-state index in [2.05, 4.69) is 5.32 Å². The van der Waals surface area contributed by atoms with Crippen LogP contribution in [0.25, 0.3) is 0 Å². The monoisotopic (exact) mass is 146 g/mol. The molecule has 0 aromatic heterocycles. The molecule has 0 spiro atoms. The minimum Gasteiger partial charge on any atom is -0.390 e. The van der Waals surface area contributed by atoms with Gasteiger partial charge in [-0.3, -0.25) is 0 Å². The SMILES string of the molecule is CNC(C)C(O)CN(C)C. The Balaban J connectivity index is 3.50. The van der Waals surface area contributed by atoms with Gasteiger partial charge in [-0.2, -0.15) is 0 Å². The predicted molar refractivity (Wildman–Crippen MR) is 43.1 cm³/mol.